The van der Waals surface area contributed by atoms with Crippen LogP contribution in [0.25, 0.3) is 22.4 Å². The van der Waals surface area contributed by atoms with Gasteiger partial charge in [0.15, 0.2) is 0 Å². The molecule has 0 saturated heterocycles. The first-order valence-electron chi connectivity index (χ1n) is 7.93. The zero-order chi connectivity index (χ0) is 17.2. The number of benzene rings is 2. The molecule has 4 rings (SSSR count). The Morgan fingerprint density at radius 3 is 2.72 bits per heavy atom. The Labute approximate surface area is 144 Å². The van der Waals surface area contributed by atoms with E-state index in [-0.39, 0.29) is 12.5 Å². The zero-order valence-electron chi connectivity index (χ0n) is 13.6. The van der Waals surface area contributed by atoms with Crippen molar-refractivity contribution in [2.24, 2.45) is 0 Å². The van der Waals surface area contributed by atoms with Crippen molar-refractivity contribution in [1.82, 2.24) is 14.8 Å². The summed E-state index contributed by atoms with van der Waals surface area (Å²) in [7, 11) is 0. The number of aryl methyl sites for hydroxylation is 1. The van der Waals surface area contributed by atoms with Crippen LogP contribution in [0, 0.1) is 6.92 Å². The first-order chi connectivity index (χ1) is 12.2. The number of hydrogen-bond acceptors (Lipinski definition) is 4. The lowest BCUT2D eigenvalue weighted by atomic mass is 10.1. The fraction of sp³-hybridized carbons (Fsp3) is 0.105. The number of fused-ring (bicyclic) bond motifs is 1. The van der Waals surface area contributed by atoms with E-state index in [4.69, 9.17) is 4.42 Å². The van der Waals surface area contributed by atoms with Crippen molar-refractivity contribution in [3.8, 4) is 11.5 Å². The largest absolute Gasteiger partial charge is 0.421 e. The molecule has 6 heteroatoms. The summed E-state index contributed by atoms with van der Waals surface area (Å²) in [6.45, 7) is 1.98. The minimum Gasteiger partial charge on any atom is -0.421 e. The molecule has 25 heavy (non-hydrogen) atoms. The van der Waals surface area contributed by atoms with Crippen LogP contribution in [-0.4, -0.2) is 20.7 Å². The molecule has 0 bridgehead atoms. The average Bonchev–Trinajstić information content (AvgIpc) is 3.22. The molecule has 1 amide bonds. The van der Waals surface area contributed by atoms with Crippen LogP contribution in [-0.2, 0) is 11.3 Å². The minimum atomic E-state index is -0.0808. The lowest BCUT2D eigenvalue weighted by Crippen LogP contribution is -2.18. The first-order valence-corrected chi connectivity index (χ1v) is 7.93. The number of hydrogen-bond donors (Lipinski definition) is 1. The highest BCUT2D eigenvalue weighted by Crippen LogP contribution is 2.24. The average molecular weight is 332 g/mol. The van der Waals surface area contributed by atoms with Crippen LogP contribution < -0.4 is 5.32 Å². The summed E-state index contributed by atoms with van der Waals surface area (Å²) >= 11 is 0. The Kier molecular flexibility index (Phi) is 3.78. The van der Waals surface area contributed by atoms with Gasteiger partial charge in [-0.3, -0.25) is 4.79 Å². The highest BCUT2D eigenvalue weighted by atomic mass is 16.4. The summed E-state index contributed by atoms with van der Waals surface area (Å²) in [5.41, 5.74) is 2.55. The van der Waals surface area contributed by atoms with E-state index in [2.05, 4.69) is 15.5 Å². The standard InChI is InChI=1S/C19H16N4O2/c1-13-21-22-19(25-13)15-8-7-14-9-10-23(17(14)11-15)12-18(24)20-16-5-3-2-4-6-16/h2-11H,12H2,1H3,(H,20,24). The van der Waals surface area contributed by atoms with E-state index in [0.29, 0.717) is 11.8 Å². The summed E-state index contributed by atoms with van der Waals surface area (Å²) in [5.74, 6) is 0.913. The molecule has 6 nitrogen and oxygen atoms in total. The Bertz CT molecular complexity index is 1030. The third-order valence-corrected chi connectivity index (χ3v) is 3.92. The Morgan fingerprint density at radius 1 is 1.12 bits per heavy atom. The maximum Gasteiger partial charge on any atom is 0.247 e. The van der Waals surface area contributed by atoms with Gasteiger partial charge in [0.2, 0.25) is 17.7 Å². The summed E-state index contributed by atoms with van der Waals surface area (Å²) in [6.07, 6.45) is 1.90. The van der Waals surface area contributed by atoms with Gasteiger partial charge in [-0.2, -0.15) is 0 Å². The number of para-hydroxylation sites is 1. The zero-order valence-corrected chi connectivity index (χ0v) is 13.6. The highest BCUT2D eigenvalue weighted by Gasteiger charge is 2.11. The van der Waals surface area contributed by atoms with Crippen LogP contribution in [0.15, 0.2) is 65.2 Å². The normalized spacial score (nSPS) is 10.9. The summed E-state index contributed by atoms with van der Waals surface area (Å²) < 4.78 is 7.39. The number of carbonyl (C=O) groups excluding carboxylic acids is 1. The second kappa shape index (κ2) is 6.24. The predicted molar refractivity (Wildman–Crippen MR) is 95.0 cm³/mol. The fourth-order valence-corrected chi connectivity index (χ4v) is 2.74. The van der Waals surface area contributed by atoms with Gasteiger partial charge in [0, 0.05) is 29.9 Å². The molecule has 0 atom stereocenters. The first kappa shape index (κ1) is 15.1. The van der Waals surface area contributed by atoms with Crippen molar-refractivity contribution in [2.45, 2.75) is 13.5 Å². The van der Waals surface area contributed by atoms with Crippen molar-refractivity contribution in [3.63, 3.8) is 0 Å². The minimum absolute atomic E-state index is 0.0808. The molecule has 0 aliphatic rings. The van der Waals surface area contributed by atoms with Crippen molar-refractivity contribution < 1.29 is 9.21 Å². The Morgan fingerprint density at radius 2 is 1.96 bits per heavy atom. The molecule has 0 spiro atoms. The molecule has 2 aromatic carbocycles. The van der Waals surface area contributed by atoms with Gasteiger partial charge in [-0.15, -0.1) is 10.2 Å². The van der Waals surface area contributed by atoms with Crippen LogP contribution in [0.1, 0.15) is 5.89 Å². The second-order valence-corrected chi connectivity index (χ2v) is 5.76. The van der Waals surface area contributed by atoms with E-state index in [0.717, 1.165) is 22.2 Å². The van der Waals surface area contributed by atoms with Gasteiger partial charge in [-0.1, -0.05) is 24.3 Å². The molecule has 0 fully saturated rings. The van der Waals surface area contributed by atoms with E-state index in [9.17, 15) is 4.79 Å². The lowest BCUT2D eigenvalue weighted by Gasteiger charge is -2.08. The van der Waals surface area contributed by atoms with E-state index in [1.165, 1.54) is 0 Å². The molecule has 1 N–H and O–H groups in total. The second-order valence-electron chi connectivity index (χ2n) is 5.76. The molecule has 2 aromatic heterocycles. The van der Waals surface area contributed by atoms with Gasteiger partial charge >= 0.3 is 0 Å². The molecular weight excluding hydrogens is 316 g/mol. The lowest BCUT2D eigenvalue weighted by molar-refractivity contribution is -0.116. The monoisotopic (exact) mass is 332 g/mol. The number of nitrogens with one attached hydrogen (secondary N) is 1. The van der Waals surface area contributed by atoms with Crippen molar-refractivity contribution >= 4 is 22.5 Å². The predicted octanol–water partition coefficient (Wildman–Crippen LogP) is 3.64. The molecule has 0 aliphatic heterocycles. The third-order valence-electron chi connectivity index (χ3n) is 3.92. The van der Waals surface area contributed by atoms with Crippen molar-refractivity contribution in [1.29, 1.82) is 0 Å². The van der Waals surface area contributed by atoms with Gasteiger partial charge in [0.05, 0.1) is 0 Å². The molecule has 0 aliphatic carbocycles. The smallest absolute Gasteiger partial charge is 0.247 e. The molecule has 124 valence electrons. The van der Waals surface area contributed by atoms with Crippen molar-refractivity contribution in [3.05, 3.63) is 66.7 Å². The van der Waals surface area contributed by atoms with Crippen LogP contribution in [0.3, 0.4) is 0 Å². The van der Waals surface area contributed by atoms with Gasteiger partial charge in [0.25, 0.3) is 0 Å². The van der Waals surface area contributed by atoms with Crippen LogP contribution >= 0.6 is 0 Å². The number of rotatable bonds is 4. The summed E-state index contributed by atoms with van der Waals surface area (Å²) in [6, 6.07) is 17.3. The molecule has 0 unspecified atom stereocenters. The highest BCUT2D eigenvalue weighted by molar-refractivity contribution is 5.92. The molecule has 0 saturated carbocycles. The summed E-state index contributed by atoms with van der Waals surface area (Å²) in [4.78, 5) is 12.3. The van der Waals surface area contributed by atoms with E-state index in [1.54, 1.807) is 6.92 Å². The number of amides is 1. The molecule has 2 heterocycles. The van der Waals surface area contributed by atoms with Gasteiger partial charge in [0.1, 0.15) is 6.54 Å². The molecule has 4 aromatic rings. The fourth-order valence-electron chi connectivity index (χ4n) is 2.74. The van der Waals surface area contributed by atoms with Crippen LogP contribution in [0.4, 0.5) is 5.69 Å². The van der Waals surface area contributed by atoms with Crippen molar-refractivity contribution in [2.75, 3.05) is 5.32 Å². The topological polar surface area (TPSA) is 73.0 Å². The van der Waals surface area contributed by atoms with Crippen LogP contribution in [0.2, 0.25) is 0 Å². The number of anilines is 1. The van der Waals surface area contributed by atoms with Gasteiger partial charge < -0.3 is 14.3 Å². The number of aromatic nitrogens is 3. The maximum atomic E-state index is 12.3. The van der Waals surface area contributed by atoms with Gasteiger partial charge in [-0.25, -0.2) is 0 Å². The van der Waals surface area contributed by atoms with E-state index >= 15 is 0 Å². The van der Waals surface area contributed by atoms with Gasteiger partial charge in [-0.05, 0) is 35.7 Å². The molecule has 0 radical (unpaired) electrons. The maximum absolute atomic E-state index is 12.3. The third kappa shape index (κ3) is 3.14. The number of nitrogens with zero attached hydrogens (tertiary/aromatic N) is 3. The summed E-state index contributed by atoms with van der Waals surface area (Å²) in [5, 5.41) is 11.9. The Hall–Kier alpha value is -3.41. The number of carbonyl (C=O) groups is 1. The molecular formula is C19H16N4O2. The quantitative estimate of drug-likeness (QED) is 0.619. The van der Waals surface area contributed by atoms with E-state index in [1.807, 2.05) is 65.4 Å². The Balaban J connectivity index is 1.60. The van der Waals surface area contributed by atoms with Crippen LogP contribution in [0.5, 0.6) is 0 Å². The SMILES string of the molecule is Cc1nnc(-c2ccc3ccn(CC(=O)Nc4ccccc4)c3c2)o1. The van der Waals surface area contributed by atoms with E-state index < -0.39 is 0 Å².